The molecule has 2 saturated heterocycles. The zero-order chi connectivity index (χ0) is 23.8. The highest BCUT2D eigenvalue weighted by molar-refractivity contribution is 5.98. The minimum absolute atomic E-state index is 0.116. The molecule has 4 N–H and O–H groups in total. The summed E-state index contributed by atoms with van der Waals surface area (Å²) in [5.74, 6) is -1.07. The maximum absolute atomic E-state index is 13.0. The van der Waals surface area contributed by atoms with Crippen molar-refractivity contribution in [2.24, 2.45) is 0 Å². The van der Waals surface area contributed by atoms with Gasteiger partial charge in [-0.1, -0.05) is 0 Å². The van der Waals surface area contributed by atoms with E-state index in [9.17, 15) is 19.2 Å². The normalized spacial score (nSPS) is 19.6. The van der Waals surface area contributed by atoms with Crippen molar-refractivity contribution in [2.45, 2.75) is 19.4 Å². The van der Waals surface area contributed by atoms with E-state index < -0.39 is 6.04 Å². The van der Waals surface area contributed by atoms with Gasteiger partial charge in [0.2, 0.25) is 23.6 Å². The van der Waals surface area contributed by atoms with E-state index in [4.69, 9.17) is 5.11 Å². The van der Waals surface area contributed by atoms with Gasteiger partial charge in [0.05, 0.1) is 19.6 Å². The highest BCUT2D eigenvalue weighted by atomic mass is 16.3. The summed E-state index contributed by atoms with van der Waals surface area (Å²) in [5.41, 5.74) is 1.14. The molecule has 1 aromatic carbocycles. The molecule has 1 atom stereocenters. The lowest BCUT2D eigenvalue weighted by Gasteiger charge is -2.38. The summed E-state index contributed by atoms with van der Waals surface area (Å²) in [7, 11) is 0. The molecule has 1 unspecified atom stereocenters. The van der Waals surface area contributed by atoms with Crippen LogP contribution in [0, 0.1) is 0 Å². The molecular formula is C22H32N6O5. The van der Waals surface area contributed by atoms with E-state index in [1.165, 1.54) is 11.8 Å². The number of carbonyl (C=O) groups excluding carboxylic acids is 4. The fourth-order valence-electron chi connectivity index (χ4n) is 4.04. The average molecular weight is 461 g/mol. The molecule has 0 saturated carbocycles. The van der Waals surface area contributed by atoms with E-state index in [1.807, 2.05) is 4.90 Å². The van der Waals surface area contributed by atoms with Crippen molar-refractivity contribution in [1.29, 1.82) is 0 Å². The summed E-state index contributed by atoms with van der Waals surface area (Å²) in [6.45, 7) is 6.05. The first-order valence-electron chi connectivity index (χ1n) is 11.2. The first kappa shape index (κ1) is 24.6. The number of nitrogens with one attached hydrogen (secondary N) is 3. The Labute approximate surface area is 193 Å². The van der Waals surface area contributed by atoms with Gasteiger partial charge in [0.15, 0.2) is 0 Å². The quantitative estimate of drug-likeness (QED) is 0.387. The van der Waals surface area contributed by atoms with Crippen molar-refractivity contribution < 1.29 is 24.3 Å². The van der Waals surface area contributed by atoms with E-state index >= 15 is 0 Å². The van der Waals surface area contributed by atoms with Gasteiger partial charge in [-0.15, -0.1) is 0 Å². The first-order chi connectivity index (χ1) is 15.9. The van der Waals surface area contributed by atoms with Crippen molar-refractivity contribution >= 4 is 35.0 Å². The number of carbonyl (C=O) groups is 4. The number of nitrogens with zero attached hydrogens (tertiary/aromatic N) is 3. The van der Waals surface area contributed by atoms with E-state index in [0.29, 0.717) is 44.1 Å². The number of piperazine rings is 2. The number of amides is 4. The number of aliphatic hydroxyl groups is 1. The number of β-amino-alcohol motifs (C(OH)–C–C–N with tert-alkyl or cyclic N) is 1. The molecule has 180 valence electrons. The molecular weight excluding hydrogens is 428 g/mol. The predicted molar refractivity (Wildman–Crippen MR) is 122 cm³/mol. The topological polar surface area (TPSA) is 134 Å². The van der Waals surface area contributed by atoms with Crippen LogP contribution in [-0.4, -0.2) is 108 Å². The predicted octanol–water partition coefficient (Wildman–Crippen LogP) is -1.09. The Balaban J connectivity index is 1.54. The molecule has 0 spiro atoms. The Morgan fingerprint density at radius 1 is 1.00 bits per heavy atom. The van der Waals surface area contributed by atoms with Crippen LogP contribution in [0.1, 0.15) is 13.3 Å². The zero-order valence-electron chi connectivity index (χ0n) is 18.9. The van der Waals surface area contributed by atoms with Gasteiger partial charge in [-0.2, -0.15) is 0 Å². The van der Waals surface area contributed by atoms with Gasteiger partial charge in [-0.05, 0) is 24.3 Å². The van der Waals surface area contributed by atoms with Crippen molar-refractivity contribution in [3.05, 3.63) is 24.3 Å². The van der Waals surface area contributed by atoms with Crippen LogP contribution >= 0.6 is 0 Å². The van der Waals surface area contributed by atoms with Crippen LogP contribution in [-0.2, 0) is 19.2 Å². The van der Waals surface area contributed by atoms with Crippen LogP contribution in [0.2, 0.25) is 0 Å². The minimum Gasteiger partial charge on any atom is -0.395 e. The average Bonchev–Trinajstić information content (AvgIpc) is 2.77. The van der Waals surface area contributed by atoms with Crippen LogP contribution < -0.4 is 16.0 Å². The molecule has 3 rings (SSSR count). The lowest BCUT2D eigenvalue weighted by molar-refractivity contribution is -0.145. The van der Waals surface area contributed by atoms with E-state index in [1.54, 1.807) is 24.3 Å². The molecule has 2 heterocycles. The zero-order valence-corrected chi connectivity index (χ0v) is 18.9. The second kappa shape index (κ2) is 11.7. The molecule has 11 heteroatoms. The third kappa shape index (κ3) is 7.24. The van der Waals surface area contributed by atoms with Crippen molar-refractivity contribution in [1.82, 2.24) is 20.0 Å². The summed E-state index contributed by atoms with van der Waals surface area (Å²) in [6, 6.07) is 5.79. The van der Waals surface area contributed by atoms with Crippen molar-refractivity contribution in [3.8, 4) is 0 Å². The van der Waals surface area contributed by atoms with Gasteiger partial charge < -0.3 is 26.0 Å². The summed E-state index contributed by atoms with van der Waals surface area (Å²) >= 11 is 0. The standard InChI is InChI=1S/C22H32N6O5/c1-16(30)24-17-2-4-18(5-3-17)25-20(31)14-19-22(33)23-6-7-28(19)21(32)15-27-10-8-26(9-11-27)12-13-29/h2-5,19,29H,6-15H2,1H3,(H,23,33)(H,24,30)(H,25,31). The monoisotopic (exact) mass is 460 g/mol. The molecule has 11 nitrogen and oxygen atoms in total. The first-order valence-corrected chi connectivity index (χ1v) is 11.2. The maximum atomic E-state index is 13.0. The molecule has 0 radical (unpaired) electrons. The van der Waals surface area contributed by atoms with Gasteiger partial charge in [-0.25, -0.2) is 0 Å². The van der Waals surface area contributed by atoms with E-state index in [-0.39, 0.29) is 43.2 Å². The Bertz CT molecular complexity index is 853. The third-order valence-electron chi connectivity index (χ3n) is 5.76. The minimum atomic E-state index is -0.861. The second-order valence-corrected chi connectivity index (χ2v) is 8.25. The molecule has 33 heavy (non-hydrogen) atoms. The van der Waals surface area contributed by atoms with Crippen LogP contribution in [0.3, 0.4) is 0 Å². The second-order valence-electron chi connectivity index (χ2n) is 8.25. The van der Waals surface area contributed by atoms with Crippen LogP contribution in [0.5, 0.6) is 0 Å². The van der Waals surface area contributed by atoms with Gasteiger partial charge in [0.25, 0.3) is 0 Å². The van der Waals surface area contributed by atoms with Crippen molar-refractivity contribution in [2.75, 3.05) is 69.6 Å². The Kier molecular flexibility index (Phi) is 8.75. The number of hydrogen-bond donors (Lipinski definition) is 4. The number of benzene rings is 1. The number of hydrogen-bond acceptors (Lipinski definition) is 7. The lowest BCUT2D eigenvalue weighted by atomic mass is 10.1. The van der Waals surface area contributed by atoms with Crippen LogP contribution in [0.15, 0.2) is 24.3 Å². The third-order valence-corrected chi connectivity index (χ3v) is 5.76. The maximum Gasteiger partial charge on any atom is 0.243 e. The summed E-state index contributed by atoms with van der Waals surface area (Å²) < 4.78 is 0. The molecule has 0 bridgehead atoms. The summed E-state index contributed by atoms with van der Waals surface area (Å²) in [4.78, 5) is 54.9. The van der Waals surface area contributed by atoms with E-state index in [0.717, 1.165) is 13.1 Å². The molecule has 0 aliphatic carbocycles. The number of anilines is 2. The van der Waals surface area contributed by atoms with Crippen molar-refractivity contribution in [3.63, 3.8) is 0 Å². The van der Waals surface area contributed by atoms with Gasteiger partial charge >= 0.3 is 0 Å². The van der Waals surface area contributed by atoms with Gasteiger partial charge in [0, 0.05) is 64.1 Å². The fourth-order valence-corrected chi connectivity index (χ4v) is 4.04. The lowest BCUT2D eigenvalue weighted by Crippen LogP contribution is -2.60. The van der Waals surface area contributed by atoms with Crippen LogP contribution in [0.25, 0.3) is 0 Å². The molecule has 0 aromatic heterocycles. The Hall–Kier alpha value is -3.02. The fraction of sp³-hybridized carbons (Fsp3) is 0.545. The van der Waals surface area contributed by atoms with E-state index in [2.05, 4.69) is 20.9 Å². The van der Waals surface area contributed by atoms with Crippen LogP contribution in [0.4, 0.5) is 11.4 Å². The molecule has 1 aromatic rings. The molecule has 2 aliphatic heterocycles. The Morgan fingerprint density at radius 2 is 1.61 bits per heavy atom. The highest BCUT2D eigenvalue weighted by Gasteiger charge is 2.35. The van der Waals surface area contributed by atoms with Gasteiger partial charge in [-0.3, -0.25) is 29.0 Å². The number of aliphatic hydroxyl groups excluding tert-OH is 1. The molecule has 2 aliphatic rings. The largest absolute Gasteiger partial charge is 0.395 e. The summed E-state index contributed by atoms with van der Waals surface area (Å²) in [6.07, 6.45) is -0.144. The summed E-state index contributed by atoms with van der Waals surface area (Å²) in [5, 5.41) is 17.2. The number of rotatable bonds is 8. The molecule has 2 fully saturated rings. The SMILES string of the molecule is CC(=O)Nc1ccc(NC(=O)CC2C(=O)NCCN2C(=O)CN2CCN(CCO)CC2)cc1. The highest BCUT2D eigenvalue weighted by Crippen LogP contribution is 2.16. The Morgan fingerprint density at radius 3 is 2.21 bits per heavy atom. The smallest absolute Gasteiger partial charge is 0.243 e. The molecule has 4 amide bonds. The van der Waals surface area contributed by atoms with Gasteiger partial charge in [0.1, 0.15) is 6.04 Å².